The summed E-state index contributed by atoms with van der Waals surface area (Å²) in [5.41, 5.74) is 0.788. The van der Waals surface area contributed by atoms with Crippen LogP contribution in [0.25, 0.3) is 10.6 Å². The van der Waals surface area contributed by atoms with Crippen LogP contribution in [0, 0.1) is 5.82 Å². The Morgan fingerprint density at radius 3 is 2.83 bits per heavy atom. The summed E-state index contributed by atoms with van der Waals surface area (Å²) in [5, 5.41) is 13.2. The Morgan fingerprint density at radius 2 is 2.22 bits per heavy atom. The van der Waals surface area contributed by atoms with E-state index >= 15 is 0 Å². The lowest BCUT2D eigenvalue weighted by Crippen LogP contribution is -2.14. The lowest BCUT2D eigenvalue weighted by atomic mass is 10.2. The molecule has 1 N–H and O–H groups in total. The number of nitrogens with zero attached hydrogens (tertiary/aromatic N) is 2. The van der Waals surface area contributed by atoms with Gasteiger partial charge in [-0.2, -0.15) is 0 Å². The predicted octanol–water partition coefficient (Wildman–Crippen LogP) is 3.67. The Bertz CT molecular complexity index is 540. The lowest BCUT2D eigenvalue weighted by Gasteiger charge is -2.08. The van der Waals surface area contributed by atoms with Gasteiger partial charge in [0.2, 0.25) is 0 Å². The van der Waals surface area contributed by atoms with E-state index in [0.717, 1.165) is 22.0 Å². The first kappa shape index (κ1) is 13.4. The van der Waals surface area contributed by atoms with Gasteiger partial charge in [0.15, 0.2) is 0 Å². The van der Waals surface area contributed by atoms with E-state index in [-0.39, 0.29) is 11.1 Å². The molecule has 0 aliphatic carbocycles. The Labute approximate surface area is 114 Å². The SMILES string of the molecule is CCC(NC)c1nnc(-c2ccc(F)c(Cl)c2)s1. The fourth-order valence-corrected chi connectivity index (χ4v) is 2.84. The molecule has 2 rings (SSSR count). The highest BCUT2D eigenvalue weighted by Gasteiger charge is 2.14. The third kappa shape index (κ3) is 2.68. The molecule has 0 aliphatic heterocycles. The first-order chi connectivity index (χ1) is 8.65. The quantitative estimate of drug-likeness (QED) is 0.931. The number of benzene rings is 1. The third-order valence-electron chi connectivity index (χ3n) is 2.66. The van der Waals surface area contributed by atoms with Gasteiger partial charge in [0, 0.05) is 5.56 Å². The molecule has 0 radical (unpaired) electrons. The Morgan fingerprint density at radius 1 is 1.44 bits per heavy atom. The number of aromatic nitrogens is 2. The van der Waals surface area contributed by atoms with E-state index < -0.39 is 5.82 Å². The minimum absolute atomic E-state index is 0.102. The molecule has 0 saturated heterocycles. The molecule has 0 spiro atoms. The molecule has 18 heavy (non-hydrogen) atoms. The topological polar surface area (TPSA) is 37.8 Å². The zero-order chi connectivity index (χ0) is 13.1. The monoisotopic (exact) mass is 285 g/mol. The van der Waals surface area contributed by atoms with Crippen molar-refractivity contribution in [1.29, 1.82) is 0 Å². The van der Waals surface area contributed by atoms with Gasteiger partial charge in [0.05, 0.1) is 11.1 Å². The van der Waals surface area contributed by atoms with Crippen molar-refractivity contribution in [2.24, 2.45) is 0 Å². The Balaban J connectivity index is 2.31. The molecular weight excluding hydrogens is 273 g/mol. The van der Waals surface area contributed by atoms with Crippen LogP contribution in [0.15, 0.2) is 18.2 Å². The molecule has 3 nitrogen and oxygen atoms in total. The number of nitrogens with one attached hydrogen (secondary N) is 1. The molecule has 0 fully saturated rings. The van der Waals surface area contributed by atoms with Crippen molar-refractivity contribution in [2.45, 2.75) is 19.4 Å². The summed E-state index contributed by atoms with van der Waals surface area (Å²) in [6.45, 7) is 2.08. The standard InChI is InChI=1S/C12H13ClFN3S/c1-3-10(15-2)12-17-16-11(18-12)7-4-5-9(14)8(13)6-7/h4-6,10,15H,3H2,1-2H3. The van der Waals surface area contributed by atoms with Gasteiger partial charge in [0.1, 0.15) is 15.8 Å². The van der Waals surface area contributed by atoms with Crippen LogP contribution in [-0.2, 0) is 0 Å². The molecular formula is C12H13ClFN3S. The van der Waals surface area contributed by atoms with Gasteiger partial charge >= 0.3 is 0 Å². The molecule has 0 bridgehead atoms. The molecule has 1 aromatic carbocycles. The van der Waals surface area contributed by atoms with Crippen LogP contribution >= 0.6 is 22.9 Å². The number of rotatable bonds is 4. The molecule has 1 atom stereocenters. The van der Waals surface area contributed by atoms with E-state index in [0.29, 0.717) is 0 Å². The highest BCUT2D eigenvalue weighted by Crippen LogP contribution is 2.30. The van der Waals surface area contributed by atoms with Crippen molar-refractivity contribution < 1.29 is 4.39 Å². The average molecular weight is 286 g/mol. The van der Waals surface area contributed by atoms with Crippen LogP contribution < -0.4 is 5.32 Å². The zero-order valence-electron chi connectivity index (χ0n) is 10.1. The zero-order valence-corrected chi connectivity index (χ0v) is 11.6. The van der Waals surface area contributed by atoms with Crippen molar-refractivity contribution in [3.8, 4) is 10.6 Å². The Hall–Kier alpha value is -1.04. The molecule has 2 aromatic rings. The fourth-order valence-electron chi connectivity index (χ4n) is 1.62. The van der Waals surface area contributed by atoms with E-state index in [1.807, 2.05) is 7.05 Å². The van der Waals surface area contributed by atoms with E-state index in [4.69, 9.17) is 11.6 Å². The maximum atomic E-state index is 13.1. The lowest BCUT2D eigenvalue weighted by molar-refractivity contribution is 0.568. The van der Waals surface area contributed by atoms with Gasteiger partial charge in [-0.25, -0.2) is 4.39 Å². The molecule has 0 amide bonds. The van der Waals surface area contributed by atoms with Crippen LogP contribution in [0.5, 0.6) is 0 Å². The second-order valence-corrected chi connectivity index (χ2v) is 5.24. The van der Waals surface area contributed by atoms with Gasteiger partial charge < -0.3 is 5.32 Å². The summed E-state index contributed by atoms with van der Waals surface area (Å²) in [6, 6.07) is 4.77. The highest BCUT2D eigenvalue weighted by molar-refractivity contribution is 7.14. The molecule has 1 unspecified atom stereocenters. The molecule has 96 valence electrons. The third-order valence-corrected chi connectivity index (χ3v) is 4.04. The van der Waals surface area contributed by atoms with Crippen molar-refractivity contribution in [2.75, 3.05) is 7.05 Å². The maximum absolute atomic E-state index is 13.1. The smallest absolute Gasteiger partial charge is 0.147 e. The minimum atomic E-state index is -0.424. The summed E-state index contributed by atoms with van der Waals surface area (Å²) in [7, 11) is 1.89. The van der Waals surface area contributed by atoms with Crippen molar-refractivity contribution in [3.05, 3.63) is 34.0 Å². The van der Waals surface area contributed by atoms with Crippen LogP contribution in [0.4, 0.5) is 4.39 Å². The normalized spacial score (nSPS) is 12.7. The number of hydrogen-bond donors (Lipinski definition) is 1. The van der Waals surface area contributed by atoms with E-state index in [9.17, 15) is 4.39 Å². The van der Waals surface area contributed by atoms with Gasteiger partial charge in [-0.15, -0.1) is 10.2 Å². The largest absolute Gasteiger partial charge is 0.311 e. The van der Waals surface area contributed by atoms with Gasteiger partial charge in [-0.1, -0.05) is 29.9 Å². The summed E-state index contributed by atoms with van der Waals surface area (Å²) in [4.78, 5) is 0. The molecule has 1 aromatic heterocycles. The first-order valence-corrected chi connectivity index (χ1v) is 6.81. The Kier molecular flexibility index (Phi) is 4.27. The van der Waals surface area contributed by atoms with Gasteiger partial charge in [0.25, 0.3) is 0 Å². The number of halogens is 2. The van der Waals surface area contributed by atoms with Gasteiger partial charge in [-0.05, 0) is 31.7 Å². The van der Waals surface area contributed by atoms with Crippen LogP contribution in [0.1, 0.15) is 24.4 Å². The van der Waals surface area contributed by atoms with Gasteiger partial charge in [-0.3, -0.25) is 0 Å². The second kappa shape index (κ2) is 5.73. The van der Waals surface area contributed by atoms with E-state index in [2.05, 4.69) is 22.4 Å². The molecule has 0 aliphatic rings. The van der Waals surface area contributed by atoms with Crippen molar-refractivity contribution in [1.82, 2.24) is 15.5 Å². The summed E-state index contributed by atoms with van der Waals surface area (Å²) < 4.78 is 13.1. The second-order valence-electron chi connectivity index (χ2n) is 3.82. The van der Waals surface area contributed by atoms with Crippen LogP contribution in [0.2, 0.25) is 5.02 Å². The summed E-state index contributed by atoms with van der Waals surface area (Å²) >= 11 is 7.25. The summed E-state index contributed by atoms with van der Waals surface area (Å²) in [6.07, 6.45) is 0.940. The number of hydrogen-bond acceptors (Lipinski definition) is 4. The minimum Gasteiger partial charge on any atom is -0.311 e. The van der Waals surface area contributed by atoms with Crippen LogP contribution in [0.3, 0.4) is 0 Å². The van der Waals surface area contributed by atoms with Crippen molar-refractivity contribution >= 4 is 22.9 Å². The maximum Gasteiger partial charge on any atom is 0.147 e. The predicted molar refractivity (Wildman–Crippen MR) is 72.4 cm³/mol. The first-order valence-electron chi connectivity index (χ1n) is 5.61. The van der Waals surface area contributed by atoms with E-state index in [1.165, 1.54) is 17.4 Å². The molecule has 1 heterocycles. The molecule has 6 heteroatoms. The summed E-state index contributed by atoms with van der Waals surface area (Å²) in [5.74, 6) is -0.424. The van der Waals surface area contributed by atoms with Crippen LogP contribution in [-0.4, -0.2) is 17.2 Å². The van der Waals surface area contributed by atoms with E-state index in [1.54, 1.807) is 12.1 Å². The fraction of sp³-hybridized carbons (Fsp3) is 0.333. The molecule has 0 saturated carbocycles. The average Bonchev–Trinajstić information content (AvgIpc) is 2.84. The van der Waals surface area contributed by atoms with Crippen molar-refractivity contribution in [3.63, 3.8) is 0 Å². The highest BCUT2D eigenvalue weighted by atomic mass is 35.5.